The number of aromatic nitrogens is 1. The summed E-state index contributed by atoms with van der Waals surface area (Å²) in [6, 6.07) is 16.6. The Morgan fingerprint density at radius 2 is 1.88 bits per heavy atom. The average Bonchev–Trinajstić information content (AvgIpc) is 2.66. The zero-order valence-corrected chi connectivity index (χ0v) is 14.6. The van der Waals surface area contributed by atoms with Crippen LogP contribution >= 0.6 is 11.6 Å². The van der Waals surface area contributed by atoms with Crippen molar-refractivity contribution in [3.05, 3.63) is 86.5 Å². The van der Waals surface area contributed by atoms with Gasteiger partial charge in [0.1, 0.15) is 17.4 Å². The molecule has 6 heteroatoms. The van der Waals surface area contributed by atoms with E-state index in [0.717, 1.165) is 16.5 Å². The van der Waals surface area contributed by atoms with E-state index < -0.39 is 5.92 Å². The van der Waals surface area contributed by atoms with E-state index in [1.165, 1.54) is 0 Å². The van der Waals surface area contributed by atoms with Crippen LogP contribution in [-0.2, 0) is 7.05 Å². The molecule has 1 aromatic heterocycles. The predicted molar refractivity (Wildman–Crippen MR) is 99.9 cm³/mol. The van der Waals surface area contributed by atoms with Crippen molar-refractivity contribution in [2.24, 2.45) is 12.8 Å². The molecular formula is C20H14ClN3O2. The van der Waals surface area contributed by atoms with Gasteiger partial charge in [-0.1, -0.05) is 35.9 Å². The van der Waals surface area contributed by atoms with Gasteiger partial charge in [-0.15, -0.1) is 0 Å². The van der Waals surface area contributed by atoms with E-state index >= 15 is 0 Å². The van der Waals surface area contributed by atoms with Crippen LogP contribution in [0.25, 0.3) is 10.9 Å². The van der Waals surface area contributed by atoms with Crippen LogP contribution in [0.1, 0.15) is 17.0 Å². The largest absolute Gasteiger partial charge is 0.439 e. The molecule has 0 spiro atoms. The standard InChI is InChI=1S/C20H14ClN3O2/c1-24-15-5-3-2-4-13(15)18-17(20(24)25)16(14(10-22)19(23)26-18)11-6-8-12(21)9-7-11/h2-9,16H,23H2,1H3/t16-/m0/s1. The number of pyridine rings is 1. The number of allylic oxidation sites excluding steroid dienone is 1. The molecule has 0 fully saturated rings. The summed E-state index contributed by atoms with van der Waals surface area (Å²) in [4.78, 5) is 13.1. The second kappa shape index (κ2) is 5.94. The summed E-state index contributed by atoms with van der Waals surface area (Å²) in [5.74, 6) is -0.192. The van der Waals surface area contributed by atoms with E-state index in [1.54, 1.807) is 35.9 Å². The molecule has 1 aliphatic heterocycles. The van der Waals surface area contributed by atoms with Gasteiger partial charge in [-0.25, -0.2) is 0 Å². The Kier molecular flexibility index (Phi) is 3.71. The maximum absolute atomic E-state index is 13.1. The number of fused-ring (bicyclic) bond motifs is 3. The number of nitrogens with two attached hydrogens (primary N) is 1. The van der Waals surface area contributed by atoms with Crippen LogP contribution in [0.15, 0.2) is 64.8 Å². The van der Waals surface area contributed by atoms with E-state index in [0.29, 0.717) is 16.3 Å². The van der Waals surface area contributed by atoms with Gasteiger partial charge < -0.3 is 15.0 Å². The van der Waals surface area contributed by atoms with Gasteiger partial charge >= 0.3 is 0 Å². The highest BCUT2D eigenvalue weighted by Gasteiger charge is 2.35. The molecule has 0 radical (unpaired) electrons. The van der Waals surface area contributed by atoms with E-state index in [1.807, 2.05) is 24.3 Å². The molecule has 2 heterocycles. The van der Waals surface area contributed by atoms with E-state index in [4.69, 9.17) is 22.1 Å². The zero-order chi connectivity index (χ0) is 18.4. The van der Waals surface area contributed by atoms with Gasteiger partial charge in [0.25, 0.3) is 5.56 Å². The number of halogens is 1. The summed E-state index contributed by atoms with van der Waals surface area (Å²) < 4.78 is 7.32. The summed E-state index contributed by atoms with van der Waals surface area (Å²) in [6.07, 6.45) is 0. The first-order valence-electron chi connectivity index (χ1n) is 7.97. The molecule has 128 valence electrons. The number of para-hydroxylation sites is 1. The van der Waals surface area contributed by atoms with E-state index in [9.17, 15) is 10.1 Å². The van der Waals surface area contributed by atoms with Crippen LogP contribution in [0.4, 0.5) is 0 Å². The highest BCUT2D eigenvalue weighted by Crippen LogP contribution is 2.43. The van der Waals surface area contributed by atoms with Crippen molar-refractivity contribution in [3.63, 3.8) is 0 Å². The van der Waals surface area contributed by atoms with Gasteiger partial charge in [0.2, 0.25) is 5.88 Å². The van der Waals surface area contributed by atoms with Gasteiger partial charge in [-0.3, -0.25) is 4.79 Å². The average molecular weight is 364 g/mol. The Morgan fingerprint density at radius 3 is 2.58 bits per heavy atom. The second-order valence-electron chi connectivity index (χ2n) is 6.10. The molecule has 4 rings (SSSR count). The number of nitriles is 1. The maximum atomic E-state index is 13.1. The quantitative estimate of drug-likeness (QED) is 0.718. The van der Waals surface area contributed by atoms with Crippen LogP contribution in [-0.4, -0.2) is 4.57 Å². The van der Waals surface area contributed by atoms with Crippen LogP contribution < -0.4 is 16.0 Å². The van der Waals surface area contributed by atoms with Crippen molar-refractivity contribution >= 4 is 22.5 Å². The summed E-state index contributed by atoms with van der Waals surface area (Å²) >= 11 is 5.99. The monoisotopic (exact) mass is 363 g/mol. The van der Waals surface area contributed by atoms with Crippen LogP contribution in [0, 0.1) is 11.3 Å². The number of aryl methyl sites for hydroxylation is 1. The summed E-state index contributed by atoms with van der Waals surface area (Å²) in [7, 11) is 1.71. The number of rotatable bonds is 1. The Bertz CT molecular complexity index is 1170. The number of hydrogen-bond donors (Lipinski definition) is 1. The van der Waals surface area contributed by atoms with Crippen molar-refractivity contribution in [1.29, 1.82) is 5.26 Å². The van der Waals surface area contributed by atoms with Gasteiger partial charge in [0.05, 0.1) is 17.0 Å². The second-order valence-corrected chi connectivity index (χ2v) is 6.54. The van der Waals surface area contributed by atoms with Crippen molar-refractivity contribution in [3.8, 4) is 11.8 Å². The summed E-state index contributed by atoms with van der Waals surface area (Å²) in [5.41, 5.74) is 7.93. The van der Waals surface area contributed by atoms with Crippen molar-refractivity contribution in [1.82, 2.24) is 4.57 Å². The molecule has 26 heavy (non-hydrogen) atoms. The molecule has 0 saturated heterocycles. The van der Waals surface area contributed by atoms with Gasteiger partial charge in [0, 0.05) is 17.5 Å². The molecule has 0 unspecified atom stereocenters. The van der Waals surface area contributed by atoms with Crippen molar-refractivity contribution in [2.75, 3.05) is 0 Å². The maximum Gasteiger partial charge on any atom is 0.258 e. The normalized spacial score (nSPS) is 16.1. The lowest BCUT2D eigenvalue weighted by Gasteiger charge is -2.27. The van der Waals surface area contributed by atoms with Crippen LogP contribution in [0.5, 0.6) is 5.75 Å². The predicted octanol–water partition coefficient (Wildman–Crippen LogP) is 3.41. The Morgan fingerprint density at radius 1 is 1.19 bits per heavy atom. The molecule has 2 aromatic carbocycles. The molecule has 2 N–H and O–H groups in total. The fraction of sp³-hybridized carbons (Fsp3) is 0.100. The molecule has 5 nitrogen and oxygen atoms in total. The highest BCUT2D eigenvalue weighted by molar-refractivity contribution is 6.30. The minimum atomic E-state index is -0.607. The number of hydrogen-bond acceptors (Lipinski definition) is 4. The number of benzene rings is 2. The van der Waals surface area contributed by atoms with Crippen molar-refractivity contribution < 1.29 is 4.74 Å². The Balaban J connectivity index is 2.12. The summed E-state index contributed by atoms with van der Waals surface area (Å²) in [6.45, 7) is 0. The van der Waals surface area contributed by atoms with Gasteiger partial charge in [-0.05, 0) is 29.8 Å². The third kappa shape index (κ3) is 2.27. The third-order valence-corrected chi connectivity index (χ3v) is 4.92. The minimum absolute atomic E-state index is 0.0124. The lowest BCUT2D eigenvalue weighted by Crippen LogP contribution is -2.31. The highest BCUT2D eigenvalue weighted by atomic mass is 35.5. The zero-order valence-electron chi connectivity index (χ0n) is 13.9. The summed E-state index contributed by atoms with van der Waals surface area (Å²) in [5, 5.41) is 11.0. The smallest absolute Gasteiger partial charge is 0.258 e. The Labute approximate surface area is 154 Å². The first kappa shape index (κ1) is 16.2. The number of ether oxygens (including phenoxy) is 1. The molecule has 1 aliphatic rings. The molecule has 1 atom stereocenters. The SMILES string of the molecule is Cn1c(=O)c2c(c3ccccc31)OC(N)=C(C#N)[C@@H]2c1ccc(Cl)cc1. The number of nitrogens with zero attached hydrogens (tertiary/aromatic N) is 2. The first-order chi connectivity index (χ1) is 12.5. The third-order valence-electron chi connectivity index (χ3n) is 4.67. The molecule has 0 aliphatic carbocycles. The topological polar surface area (TPSA) is 81.0 Å². The molecule has 0 amide bonds. The minimum Gasteiger partial charge on any atom is -0.439 e. The molecule has 0 bridgehead atoms. The molecule has 0 saturated carbocycles. The fourth-order valence-electron chi connectivity index (χ4n) is 3.41. The molecule has 3 aromatic rings. The first-order valence-corrected chi connectivity index (χ1v) is 8.35. The van der Waals surface area contributed by atoms with Gasteiger partial charge in [0.15, 0.2) is 0 Å². The lowest BCUT2D eigenvalue weighted by molar-refractivity contribution is 0.396. The van der Waals surface area contributed by atoms with Crippen LogP contribution in [0.2, 0.25) is 5.02 Å². The lowest BCUT2D eigenvalue weighted by atomic mass is 9.83. The fourth-order valence-corrected chi connectivity index (χ4v) is 3.54. The van der Waals surface area contributed by atoms with Gasteiger partial charge in [-0.2, -0.15) is 5.26 Å². The van der Waals surface area contributed by atoms with Crippen molar-refractivity contribution in [2.45, 2.75) is 5.92 Å². The Hall–Kier alpha value is -3.23. The van der Waals surface area contributed by atoms with Crippen LogP contribution in [0.3, 0.4) is 0 Å². The van der Waals surface area contributed by atoms with E-state index in [-0.39, 0.29) is 17.0 Å². The molecular weight excluding hydrogens is 350 g/mol. The van der Waals surface area contributed by atoms with E-state index in [2.05, 4.69) is 6.07 Å².